The number of carbonyl (C=O) groups excluding carboxylic acids is 1. The van der Waals surface area contributed by atoms with E-state index in [1.807, 2.05) is 45.0 Å². The van der Waals surface area contributed by atoms with E-state index in [1.165, 1.54) is 0 Å². The number of halogens is 1. The highest BCUT2D eigenvalue weighted by Gasteiger charge is 2.35. The van der Waals surface area contributed by atoms with Crippen LogP contribution in [0.25, 0.3) is 10.9 Å². The summed E-state index contributed by atoms with van der Waals surface area (Å²) in [4.78, 5) is 15.3. The van der Waals surface area contributed by atoms with Gasteiger partial charge in [0.25, 0.3) is 0 Å². The molecular formula is C33H51ClN4O5Si. The molecule has 0 unspecified atom stereocenters. The number of aromatic amines is 1. The SMILES string of the molecule is CC[Si](CC)(CC)O[C@@H](CN(CCOc1cc(C(C)(C)C)c2c(OC)n[nH]c2c1)C(=O)OC(C)(C)C)c1ccc(Cl)c(N)c1. The first-order valence-electron chi connectivity index (χ1n) is 15.5. The Morgan fingerprint density at radius 2 is 1.73 bits per heavy atom. The number of nitrogens with two attached hydrogens (primary N) is 1. The van der Waals surface area contributed by atoms with Crippen LogP contribution in [0.4, 0.5) is 10.5 Å². The highest BCUT2D eigenvalue weighted by atomic mass is 35.5. The van der Waals surface area contributed by atoms with Gasteiger partial charge in [-0.3, -0.25) is 5.10 Å². The third-order valence-electron chi connectivity index (χ3n) is 7.99. The number of ether oxygens (including phenoxy) is 3. The number of nitrogen functional groups attached to an aromatic ring is 1. The summed E-state index contributed by atoms with van der Waals surface area (Å²) in [7, 11) is -0.469. The van der Waals surface area contributed by atoms with Gasteiger partial charge in [-0.2, -0.15) is 0 Å². The van der Waals surface area contributed by atoms with Gasteiger partial charge in [-0.1, -0.05) is 59.2 Å². The molecule has 0 aliphatic carbocycles. The van der Waals surface area contributed by atoms with E-state index in [0.717, 1.165) is 40.2 Å². The molecule has 1 atom stereocenters. The Kier molecular flexibility index (Phi) is 11.7. The van der Waals surface area contributed by atoms with Crippen molar-refractivity contribution in [3.8, 4) is 11.6 Å². The topological polar surface area (TPSA) is 112 Å². The Labute approximate surface area is 268 Å². The summed E-state index contributed by atoms with van der Waals surface area (Å²) in [5.74, 6) is 1.22. The number of nitrogens with one attached hydrogen (secondary N) is 1. The zero-order valence-corrected chi connectivity index (χ0v) is 29.9. The number of rotatable bonds is 13. The third kappa shape index (κ3) is 8.82. The number of nitrogens with zero attached hydrogens (tertiary/aromatic N) is 2. The van der Waals surface area contributed by atoms with Crippen molar-refractivity contribution in [2.24, 2.45) is 0 Å². The molecule has 9 nitrogen and oxygen atoms in total. The van der Waals surface area contributed by atoms with Crippen molar-refractivity contribution in [2.75, 3.05) is 32.5 Å². The molecule has 0 fully saturated rings. The summed E-state index contributed by atoms with van der Waals surface area (Å²) in [5.41, 5.74) is 8.58. The highest BCUT2D eigenvalue weighted by Crippen LogP contribution is 2.38. The molecule has 11 heteroatoms. The number of amides is 1. The van der Waals surface area contributed by atoms with Gasteiger partial charge in [0.2, 0.25) is 5.88 Å². The summed E-state index contributed by atoms with van der Waals surface area (Å²) in [6.07, 6.45) is -0.840. The number of H-pyrrole nitrogens is 1. The molecule has 0 aliphatic rings. The highest BCUT2D eigenvalue weighted by molar-refractivity contribution is 6.73. The molecule has 3 aromatic rings. The zero-order valence-electron chi connectivity index (χ0n) is 28.1. The number of hydrogen-bond acceptors (Lipinski definition) is 7. The first kappa shape index (κ1) is 35.5. The number of anilines is 1. The van der Waals surface area contributed by atoms with Crippen molar-refractivity contribution >= 4 is 42.6 Å². The van der Waals surface area contributed by atoms with Crippen molar-refractivity contribution in [3.63, 3.8) is 0 Å². The minimum absolute atomic E-state index is 0.184. The maximum atomic E-state index is 13.6. The molecule has 1 amide bonds. The number of aromatic nitrogens is 2. The Morgan fingerprint density at radius 3 is 2.27 bits per heavy atom. The largest absolute Gasteiger partial charge is 0.492 e. The quantitative estimate of drug-likeness (QED) is 0.141. The lowest BCUT2D eigenvalue weighted by atomic mass is 9.84. The van der Waals surface area contributed by atoms with Gasteiger partial charge in [-0.15, -0.1) is 5.10 Å². The van der Waals surface area contributed by atoms with E-state index in [4.69, 9.17) is 36.0 Å². The molecule has 0 spiro atoms. The van der Waals surface area contributed by atoms with Crippen molar-refractivity contribution in [1.29, 1.82) is 0 Å². The normalized spacial score (nSPS) is 13.2. The lowest BCUT2D eigenvalue weighted by Gasteiger charge is -2.36. The lowest BCUT2D eigenvalue weighted by Crippen LogP contribution is -2.45. The van der Waals surface area contributed by atoms with Gasteiger partial charge < -0.3 is 29.3 Å². The molecule has 3 rings (SSSR count). The van der Waals surface area contributed by atoms with Gasteiger partial charge >= 0.3 is 6.09 Å². The van der Waals surface area contributed by atoms with E-state index in [1.54, 1.807) is 18.1 Å². The van der Waals surface area contributed by atoms with Crippen LogP contribution >= 0.6 is 11.6 Å². The fourth-order valence-corrected chi connectivity index (χ4v) is 8.19. The summed E-state index contributed by atoms with van der Waals surface area (Å²) in [6, 6.07) is 12.4. The maximum absolute atomic E-state index is 13.6. The molecule has 3 N–H and O–H groups in total. The molecule has 2 aromatic carbocycles. The van der Waals surface area contributed by atoms with Crippen molar-refractivity contribution in [1.82, 2.24) is 15.1 Å². The first-order chi connectivity index (χ1) is 20.6. The fourth-order valence-electron chi connectivity index (χ4n) is 5.26. The van der Waals surface area contributed by atoms with Crippen LogP contribution in [0.3, 0.4) is 0 Å². The average molecular weight is 647 g/mol. The number of methoxy groups -OCH3 is 1. The predicted octanol–water partition coefficient (Wildman–Crippen LogP) is 8.48. The van der Waals surface area contributed by atoms with Gasteiger partial charge in [0.1, 0.15) is 18.0 Å². The average Bonchev–Trinajstić information content (AvgIpc) is 3.37. The Hall–Kier alpha value is -2.95. The number of carbonyl (C=O) groups is 1. The van der Waals surface area contributed by atoms with E-state index in [2.05, 4.69) is 51.7 Å². The summed E-state index contributed by atoms with van der Waals surface area (Å²) in [6.45, 7) is 19.3. The van der Waals surface area contributed by atoms with Gasteiger partial charge in [-0.05, 0) is 73.6 Å². The van der Waals surface area contributed by atoms with Crippen LogP contribution in [-0.2, 0) is 14.6 Å². The smallest absolute Gasteiger partial charge is 0.410 e. The van der Waals surface area contributed by atoms with Crippen LogP contribution < -0.4 is 15.2 Å². The molecule has 0 bridgehead atoms. The van der Waals surface area contributed by atoms with Crippen LogP contribution in [0.5, 0.6) is 11.6 Å². The minimum atomic E-state index is -2.08. The van der Waals surface area contributed by atoms with Gasteiger partial charge in [-0.25, -0.2) is 4.79 Å². The minimum Gasteiger partial charge on any atom is -0.492 e. The van der Waals surface area contributed by atoms with Gasteiger partial charge in [0.15, 0.2) is 8.32 Å². The van der Waals surface area contributed by atoms with Crippen LogP contribution in [-0.4, -0.2) is 61.9 Å². The van der Waals surface area contributed by atoms with E-state index < -0.39 is 26.1 Å². The molecule has 1 aromatic heterocycles. The van der Waals surface area contributed by atoms with E-state index in [0.29, 0.717) is 22.3 Å². The Bertz CT molecular complexity index is 1400. The van der Waals surface area contributed by atoms with Gasteiger partial charge in [0, 0.05) is 6.07 Å². The second-order valence-electron chi connectivity index (χ2n) is 13.3. The standard InChI is InChI=1S/C33H51ClN4O5Si/c1-11-44(12-2,13-3)43-28(22-14-15-25(34)26(35)18-22)21-38(31(39)42-33(7,8)9)16-17-41-23-19-24(32(4,5)6)29-27(20-23)36-37-30(29)40-10/h14-15,18-20,28H,11-13,16-17,21,35H2,1-10H3,(H,36,37)/t28-/m0/s1. The Balaban J connectivity index is 1.93. The number of fused-ring (bicyclic) bond motifs is 1. The Morgan fingerprint density at radius 1 is 1.07 bits per heavy atom. The summed E-state index contributed by atoms with van der Waals surface area (Å²) >= 11 is 6.27. The zero-order chi connectivity index (χ0) is 32.9. The predicted molar refractivity (Wildman–Crippen MR) is 182 cm³/mol. The van der Waals surface area contributed by atoms with E-state index in [9.17, 15) is 4.79 Å². The van der Waals surface area contributed by atoms with Crippen molar-refractivity contribution < 1.29 is 23.4 Å². The summed E-state index contributed by atoms with van der Waals surface area (Å²) in [5, 5.41) is 8.79. The van der Waals surface area contributed by atoms with Gasteiger partial charge in [0.05, 0.1) is 47.9 Å². The lowest BCUT2D eigenvalue weighted by molar-refractivity contribution is 0.0131. The van der Waals surface area contributed by atoms with Crippen LogP contribution in [0.15, 0.2) is 30.3 Å². The fraction of sp³-hybridized carbons (Fsp3) is 0.576. The molecule has 1 heterocycles. The van der Waals surface area contributed by atoms with Crippen molar-refractivity contribution in [2.45, 2.75) is 97.6 Å². The molecule has 0 saturated heterocycles. The second-order valence-corrected chi connectivity index (χ2v) is 18.4. The van der Waals surface area contributed by atoms with Crippen LogP contribution in [0, 0.1) is 0 Å². The molecule has 44 heavy (non-hydrogen) atoms. The maximum Gasteiger partial charge on any atom is 0.410 e. The molecular weight excluding hydrogens is 596 g/mol. The first-order valence-corrected chi connectivity index (χ1v) is 18.4. The molecule has 244 valence electrons. The summed E-state index contributed by atoms with van der Waals surface area (Å²) < 4.78 is 24.6. The van der Waals surface area contributed by atoms with Crippen LogP contribution in [0.2, 0.25) is 23.2 Å². The molecule has 0 aliphatic heterocycles. The third-order valence-corrected chi connectivity index (χ3v) is 13.0. The number of hydrogen-bond donors (Lipinski definition) is 2. The molecule has 0 radical (unpaired) electrons. The monoisotopic (exact) mass is 646 g/mol. The molecule has 0 saturated carbocycles. The van der Waals surface area contributed by atoms with E-state index >= 15 is 0 Å². The van der Waals surface area contributed by atoms with E-state index in [-0.39, 0.29) is 25.1 Å². The number of benzene rings is 2. The van der Waals surface area contributed by atoms with Crippen molar-refractivity contribution in [3.05, 3.63) is 46.5 Å². The van der Waals surface area contributed by atoms with Crippen LogP contribution in [0.1, 0.15) is 79.5 Å². The second kappa shape index (κ2) is 14.4.